The number of amides is 2. The first-order valence-corrected chi connectivity index (χ1v) is 8.89. The van der Waals surface area contributed by atoms with E-state index in [4.69, 9.17) is 39.5 Å². The van der Waals surface area contributed by atoms with Crippen LogP contribution in [0, 0.1) is 0 Å². The smallest absolute Gasteiger partial charge is 0.326 e. The van der Waals surface area contributed by atoms with Crippen LogP contribution >= 0.6 is 34.8 Å². The van der Waals surface area contributed by atoms with Crippen molar-refractivity contribution in [3.05, 3.63) is 63.1 Å². The number of esters is 1. The summed E-state index contributed by atoms with van der Waals surface area (Å²) in [6, 6.07) is 10.8. The fraction of sp³-hybridized carbons (Fsp3) is 0.167. The molecule has 0 aliphatic carbocycles. The average Bonchev–Trinajstić information content (AvgIpc) is 2.61. The van der Waals surface area contributed by atoms with Gasteiger partial charge in [0.1, 0.15) is 6.54 Å². The van der Waals surface area contributed by atoms with Gasteiger partial charge in [0.2, 0.25) is 0 Å². The van der Waals surface area contributed by atoms with Crippen molar-refractivity contribution in [3.63, 3.8) is 0 Å². The molecule has 2 rings (SSSR count). The summed E-state index contributed by atoms with van der Waals surface area (Å²) in [5.41, 5.74) is 0.681. The number of anilines is 1. The van der Waals surface area contributed by atoms with Gasteiger partial charge in [-0.1, -0.05) is 34.8 Å². The van der Waals surface area contributed by atoms with Gasteiger partial charge in [0.05, 0.1) is 10.6 Å². The largest absolute Gasteiger partial charge is 0.451 e. The molecule has 0 radical (unpaired) electrons. The Kier molecular flexibility index (Phi) is 7.47. The van der Waals surface area contributed by atoms with Gasteiger partial charge in [-0.05, 0) is 49.4 Å². The molecule has 0 heterocycles. The molecule has 1 atom stereocenters. The van der Waals surface area contributed by atoms with Crippen molar-refractivity contribution >= 4 is 58.3 Å². The number of nitrogens with one attached hydrogen (secondary N) is 2. The third-order valence-electron chi connectivity index (χ3n) is 3.36. The van der Waals surface area contributed by atoms with E-state index in [9.17, 15) is 14.4 Å². The zero-order valence-electron chi connectivity index (χ0n) is 14.1. The van der Waals surface area contributed by atoms with Crippen molar-refractivity contribution in [1.29, 1.82) is 0 Å². The second-order valence-electron chi connectivity index (χ2n) is 5.44. The van der Waals surface area contributed by atoms with Crippen LogP contribution in [0.2, 0.25) is 15.1 Å². The first kappa shape index (κ1) is 21.0. The van der Waals surface area contributed by atoms with Gasteiger partial charge < -0.3 is 15.4 Å². The van der Waals surface area contributed by atoms with Crippen LogP contribution < -0.4 is 10.6 Å². The lowest BCUT2D eigenvalue weighted by Gasteiger charge is -2.14. The van der Waals surface area contributed by atoms with Gasteiger partial charge in [0.25, 0.3) is 11.8 Å². The molecule has 2 N–H and O–H groups in total. The molecule has 2 amide bonds. The van der Waals surface area contributed by atoms with Gasteiger partial charge >= 0.3 is 5.97 Å². The van der Waals surface area contributed by atoms with E-state index in [-0.39, 0.29) is 10.6 Å². The molecule has 0 aliphatic rings. The van der Waals surface area contributed by atoms with Gasteiger partial charge in [-0.2, -0.15) is 0 Å². The Hall–Kier alpha value is -2.28. The van der Waals surface area contributed by atoms with E-state index in [2.05, 4.69) is 10.6 Å². The van der Waals surface area contributed by atoms with E-state index in [0.29, 0.717) is 15.7 Å². The number of hydrogen-bond acceptors (Lipinski definition) is 4. The average molecular weight is 430 g/mol. The molecule has 9 heteroatoms. The highest BCUT2D eigenvalue weighted by Crippen LogP contribution is 2.20. The van der Waals surface area contributed by atoms with Crippen LogP contribution in [0.25, 0.3) is 0 Å². The topological polar surface area (TPSA) is 84.5 Å². The summed E-state index contributed by atoms with van der Waals surface area (Å²) in [5, 5.41) is 6.03. The van der Waals surface area contributed by atoms with Gasteiger partial charge in [-0.3, -0.25) is 14.4 Å². The number of carbonyl (C=O) groups excluding carboxylic acids is 3. The Bertz CT molecular complexity index is 856. The van der Waals surface area contributed by atoms with Crippen molar-refractivity contribution in [1.82, 2.24) is 5.32 Å². The quantitative estimate of drug-likeness (QED) is 0.681. The standard InChI is InChI=1S/C18H15Cl3N2O4/c1-10(17(25)23-13-5-2-11(19)3-6-13)27-16(24)9-22-18(26)14-7-4-12(20)8-15(14)21/h2-8,10H,9H2,1H3,(H,22,26)(H,23,25). The van der Waals surface area contributed by atoms with Crippen molar-refractivity contribution in [2.24, 2.45) is 0 Å². The molecule has 1 unspecified atom stereocenters. The molecule has 2 aromatic carbocycles. The SMILES string of the molecule is CC(OC(=O)CNC(=O)c1ccc(Cl)cc1Cl)C(=O)Nc1ccc(Cl)cc1. The zero-order chi connectivity index (χ0) is 20.0. The second kappa shape index (κ2) is 9.60. The summed E-state index contributed by atoms with van der Waals surface area (Å²) < 4.78 is 5.00. The van der Waals surface area contributed by atoms with Crippen LogP contribution in [-0.2, 0) is 14.3 Å². The van der Waals surface area contributed by atoms with E-state index >= 15 is 0 Å². The fourth-order valence-electron chi connectivity index (χ4n) is 1.99. The van der Waals surface area contributed by atoms with Crippen molar-refractivity contribution in [2.45, 2.75) is 13.0 Å². The van der Waals surface area contributed by atoms with Crippen LogP contribution in [0.3, 0.4) is 0 Å². The van der Waals surface area contributed by atoms with E-state index in [1.165, 1.54) is 25.1 Å². The molecule has 0 aliphatic heterocycles. The number of benzene rings is 2. The van der Waals surface area contributed by atoms with Crippen molar-refractivity contribution in [3.8, 4) is 0 Å². The number of rotatable bonds is 6. The third kappa shape index (κ3) is 6.43. The highest BCUT2D eigenvalue weighted by atomic mass is 35.5. The minimum absolute atomic E-state index is 0.157. The maximum atomic E-state index is 12.0. The molecule has 0 bridgehead atoms. The van der Waals surface area contributed by atoms with Gasteiger partial charge in [0.15, 0.2) is 6.10 Å². The molecule has 0 aromatic heterocycles. The van der Waals surface area contributed by atoms with Crippen LogP contribution in [-0.4, -0.2) is 30.4 Å². The maximum Gasteiger partial charge on any atom is 0.326 e. The molecule has 2 aromatic rings. The summed E-state index contributed by atoms with van der Waals surface area (Å²) in [5.74, 6) is -1.85. The zero-order valence-corrected chi connectivity index (χ0v) is 16.4. The minimum Gasteiger partial charge on any atom is -0.451 e. The van der Waals surface area contributed by atoms with E-state index < -0.39 is 30.4 Å². The van der Waals surface area contributed by atoms with Crippen LogP contribution in [0.4, 0.5) is 5.69 Å². The van der Waals surface area contributed by atoms with Gasteiger partial charge in [-0.25, -0.2) is 0 Å². The lowest BCUT2D eigenvalue weighted by Crippen LogP contribution is -2.35. The Morgan fingerprint density at radius 1 is 1.00 bits per heavy atom. The number of halogens is 3. The van der Waals surface area contributed by atoms with Crippen LogP contribution in [0.1, 0.15) is 17.3 Å². The highest BCUT2D eigenvalue weighted by Gasteiger charge is 2.19. The van der Waals surface area contributed by atoms with Gasteiger partial charge in [0, 0.05) is 15.7 Å². The molecular weight excluding hydrogens is 415 g/mol. The molecular formula is C18H15Cl3N2O4. The molecule has 142 valence electrons. The monoisotopic (exact) mass is 428 g/mol. The number of hydrogen-bond donors (Lipinski definition) is 2. The molecule has 0 saturated heterocycles. The van der Waals surface area contributed by atoms with Crippen molar-refractivity contribution < 1.29 is 19.1 Å². The summed E-state index contributed by atoms with van der Waals surface area (Å²) in [7, 11) is 0. The molecule has 0 fully saturated rings. The number of ether oxygens (including phenoxy) is 1. The first-order chi connectivity index (χ1) is 12.8. The lowest BCUT2D eigenvalue weighted by atomic mass is 10.2. The van der Waals surface area contributed by atoms with Crippen molar-refractivity contribution in [2.75, 3.05) is 11.9 Å². The predicted octanol–water partition coefficient (Wildman–Crippen LogP) is 3.95. The number of carbonyl (C=O) groups is 3. The Morgan fingerprint density at radius 2 is 1.63 bits per heavy atom. The summed E-state index contributed by atoms with van der Waals surface area (Å²) in [4.78, 5) is 35.9. The lowest BCUT2D eigenvalue weighted by molar-refractivity contribution is -0.152. The van der Waals surface area contributed by atoms with E-state index in [0.717, 1.165) is 0 Å². The summed E-state index contributed by atoms with van der Waals surface area (Å²) in [6.07, 6.45) is -1.05. The molecule has 27 heavy (non-hydrogen) atoms. The Balaban J connectivity index is 1.82. The predicted molar refractivity (Wildman–Crippen MR) is 104 cm³/mol. The fourth-order valence-corrected chi connectivity index (χ4v) is 2.61. The van der Waals surface area contributed by atoms with Crippen LogP contribution in [0.15, 0.2) is 42.5 Å². The maximum absolute atomic E-state index is 12.0. The molecule has 0 saturated carbocycles. The Morgan fingerprint density at radius 3 is 2.26 bits per heavy atom. The van der Waals surface area contributed by atoms with E-state index in [1.54, 1.807) is 24.3 Å². The van der Waals surface area contributed by atoms with Crippen LogP contribution in [0.5, 0.6) is 0 Å². The molecule has 0 spiro atoms. The van der Waals surface area contributed by atoms with Gasteiger partial charge in [-0.15, -0.1) is 0 Å². The highest BCUT2D eigenvalue weighted by molar-refractivity contribution is 6.36. The second-order valence-corrected chi connectivity index (χ2v) is 6.72. The summed E-state index contributed by atoms with van der Waals surface area (Å²) in [6.45, 7) is 0.997. The van der Waals surface area contributed by atoms with E-state index in [1.807, 2.05) is 0 Å². The summed E-state index contributed by atoms with van der Waals surface area (Å²) >= 11 is 17.5. The first-order valence-electron chi connectivity index (χ1n) is 7.75. The normalized spacial score (nSPS) is 11.4. The Labute approximate surface area is 170 Å². The molecule has 6 nitrogen and oxygen atoms in total. The minimum atomic E-state index is -1.05. The third-order valence-corrected chi connectivity index (χ3v) is 4.16.